The van der Waals surface area contributed by atoms with Crippen molar-refractivity contribution in [2.45, 2.75) is 6.42 Å². The Hall–Kier alpha value is 1.28. The zero-order valence-electron chi connectivity index (χ0n) is 10.8. The third-order valence-corrected chi connectivity index (χ3v) is 0.586. The largest absolute Gasteiger partial charge is 0.273 e. The third kappa shape index (κ3) is 68.4. The van der Waals surface area contributed by atoms with Crippen LogP contribution in [0.2, 0.25) is 0 Å². The summed E-state index contributed by atoms with van der Waals surface area (Å²) in [5.74, 6) is 0. The van der Waals surface area contributed by atoms with E-state index in [-0.39, 0.29) is 16.8 Å². The van der Waals surface area contributed by atoms with Crippen molar-refractivity contribution >= 4 is 25.7 Å². The van der Waals surface area contributed by atoms with Gasteiger partial charge in [-0.25, -0.2) is 12.2 Å². The van der Waals surface area contributed by atoms with E-state index in [1.54, 1.807) is 0 Å². The fraction of sp³-hybridized carbons (Fsp3) is 0.636. The van der Waals surface area contributed by atoms with Crippen LogP contribution in [0.25, 0.3) is 0 Å². The zero-order chi connectivity index (χ0) is 11.7. The van der Waals surface area contributed by atoms with Crippen LogP contribution in [0.4, 0.5) is 0 Å². The maximum atomic E-state index is 2.99. The van der Waals surface area contributed by atoms with E-state index >= 15 is 0 Å². The Morgan fingerprint density at radius 2 is 1.20 bits per heavy atom. The first-order valence-corrected chi connectivity index (χ1v) is 10.7. The van der Waals surface area contributed by atoms with Crippen molar-refractivity contribution < 1.29 is 16.8 Å². The van der Waals surface area contributed by atoms with Gasteiger partial charge in [0, 0.05) is 16.8 Å². The smallest absolute Gasteiger partial charge is 0 e. The molecule has 4 heteroatoms. The van der Waals surface area contributed by atoms with Crippen LogP contribution in [-0.2, 0) is 16.8 Å². The standard InChI is InChI=1S/C5H5.3C2H7P.Co/c1-2-4-5-3-1;3*1-3-2;/h1-3H,4H2;3*3H,1-2H3;/q-1;;;;. The van der Waals surface area contributed by atoms with Gasteiger partial charge in [0.05, 0.1) is 0 Å². The number of allylic oxidation sites excluding steroid dienone is 4. The molecule has 0 saturated heterocycles. The van der Waals surface area contributed by atoms with Crippen molar-refractivity contribution in [3.8, 4) is 0 Å². The Kier molecular flexibility index (Phi) is 60.8. The number of rotatable bonds is 0. The second-order valence-electron chi connectivity index (χ2n) is 2.50. The minimum Gasteiger partial charge on any atom is -0.273 e. The van der Waals surface area contributed by atoms with Gasteiger partial charge in [-0.15, -0.1) is 32.2 Å². The van der Waals surface area contributed by atoms with Crippen LogP contribution >= 0.6 is 25.7 Å². The predicted octanol–water partition coefficient (Wildman–Crippen LogP) is 4.08. The van der Waals surface area contributed by atoms with Gasteiger partial charge in [-0.2, -0.15) is 6.08 Å². The molecule has 95 valence electrons. The number of hydrogen-bond donors (Lipinski definition) is 0. The molecule has 0 amide bonds. The molecule has 1 aliphatic carbocycles. The summed E-state index contributed by atoms with van der Waals surface area (Å²) in [4.78, 5) is 0. The van der Waals surface area contributed by atoms with E-state index < -0.39 is 0 Å². The monoisotopic (exact) mass is 310 g/mol. The van der Waals surface area contributed by atoms with E-state index in [2.05, 4.69) is 52.1 Å². The first-order valence-electron chi connectivity index (χ1n) is 4.72. The van der Waals surface area contributed by atoms with E-state index in [0.29, 0.717) is 0 Å². The summed E-state index contributed by atoms with van der Waals surface area (Å²) < 4.78 is 0. The molecule has 0 spiro atoms. The molecule has 0 bridgehead atoms. The maximum absolute atomic E-state index is 2.99. The summed E-state index contributed by atoms with van der Waals surface area (Å²) >= 11 is 0. The minimum atomic E-state index is 0. The van der Waals surface area contributed by atoms with E-state index in [9.17, 15) is 0 Å². The van der Waals surface area contributed by atoms with Crippen molar-refractivity contribution in [1.29, 1.82) is 0 Å². The first kappa shape index (κ1) is 25.2. The average Bonchev–Trinajstić information content (AvgIpc) is 2.63. The van der Waals surface area contributed by atoms with Crippen molar-refractivity contribution in [1.82, 2.24) is 0 Å². The van der Waals surface area contributed by atoms with E-state index in [0.717, 1.165) is 32.2 Å². The van der Waals surface area contributed by atoms with Crippen LogP contribution in [0.3, 0.4) is 0 Å². The van der Waals surface area contributed by atoms with Gasteiger partial charge < -0.3 is 0 Å². The Morgan fingerprint density at radius 1 is 0.867 bits per heavy atom. The summed E-state index contributed by atoms with van der Waals surface area (Å²) in [5.41, 5.74) is 0. The van der Waals surface area contributed by atoms with Crippen LogP contribution in [-0.4, -0.2) is 40.0 Å². The summed E-state index contributed by atoms with van der Waals surface area (Å²) in [6.45, 7) is 12.9. The summed E-state index contributed by atoms with van der Waals surface area (Å²) in [6, 6.07) is 0. The van der Waals surface area contributed by atoms with Gasteiger partial charge in [0.1, 0.15) is 0 Å². The molecule has 15 heavy (non-hydrogen) atoms. The Bertz CT molecular complexity index is 99.6. The molecule has 1 radical (unpaired) electrons. The Morgan fingerprint density at radius 3 is 1.27 bits per heavy atom. The van der Waals surface area contributed by atoms with Gasteiger partial charge in [-0.3, -0.25) is 6.08 Å². The SMILES string of the molecule is CPC.CPC.CPC.[C-]1=CC=CC1.[Co]. The van der Waals surface area contributed by atoms with Crippen molar-refractivity contribution in [3.05, 3.63) is 24.3 Å². The number of hydrogen-bond acceptors (Lipinski definition) is 0. The van der Waals surface area contributed by atoms with Crippen LogP contribution in [0.1, 0.15) is 6.42 Å². The molecule has 0 N–H and O–H groups in total. The minimum absolute atomic E-state index is 0. The molecular weight excluding hydrogens is 284 g/mol. The van der Waals surface area contributed by atoms with Crippen LogP contribution in [0.15, 0.2) is 18.2 Å². The molecule has 0 atom stereocenters. The molecular formula is C11H26CoP3-. The molecule has 0 unspecified atom stereocenters. The van der Waals surface area contributed by atoms with Crippen molar-refractivity contribution in [3.63, 3.8) is 0 Å². The van der Waals surface area contributed by atoms with Gasteiger partial charge in [-0.05, 0) is 40.0 Å². The second kappa shape index (κ2) is 36.2. The van der Waals surface area contributed by atoms with Crippen molar-refractivity contribution in [2.24, 2.45) is 0 Å². The molecule has 1 aliphatic rings. The van der Waals surface area contributed by atoms with Gasteiger partial charge in [-0.1, -0.05) is 0 Å². The summed E-state index contributed by atoms with van der Waals surface area (Å²) in [5, 5.41) is 0. The Labute approximate surface area is 113 Å². The van der Waals surface area contributed by atoms with Crippen molar-refractivity contribution in [2.75, 3.05) is 40.0 Å². The topological polar surface area (TPSA) is 0 Å². The van der Waals surface area contributed by atoms with Crippen LogP contribution in [0.5, 0.6) is 0 Å². The molecule has 0 aromatic rings. The van der Waals surface area contributed by atoms with Gasteiger partial charge in [0.15, 0.2) is 0 Å². The average molecular weight is 310 g/mol. The first-order chi connectivity index (χ1) is 6.74. The molecule has 0 fully saturated rings. The van der Waals surface area contributed by atoms with E-state index in [4.69, 9.17) is 0 Å². The molecule has 0 heterocycles. The summed E-state index contributed by atoms with van der Waals surface area (Å²) in [7, 11) is 3.25. The third-order valence-electron chi connectivity index (χ3n) is 0.586. The van der Waals surface area contributed by atoms with Crippen LogP contribution in [0, 0.1) is 6.08 Å². The molecule has 0 aromatic heterocycles. The quantitative estimate of drug-likeness (QED) is 0.467. The van der Waals surface area contributed by atoms with Gasteiger partial charge >= 0.3 is 0 Å². The molecule has 0 saturated carbocycles. The fourth-order valence-corrected chi connectivity index (χ4v) is 0.340. The molecule has 0 aromatic carbocycles. The molecule has 0 aliphatic heterocycles. The van der Waals surface area contributed by atoms with Gasteiger partial charge in [0.2, 0.25) is 0 Å². The predicted molar refractivity (Wildman–Crippen MR) is 82.1 cm³/mol. The normalized spacial score (nSPS) is 9.47. The summed E-state index contributed by atoms with van der Waals surface area (Å²) in [6.07, 6.45) is 10.0. The Balaban J connectivity index is -0.0000000550. The van der Waals surface area contributed by atoms with E-state index in [1.807, 2.05) is 12.2 Å². The second-order valence-corrected chi connectivity index (χ2v) is 5.50. The molecule has 1 rings (SSSR count). The van der Waals surface area contributed by atoms with Crippen LogP contribution < -0.4 is 0 Å². The van der Waals surface area contributed by atoms with Gasteiger partial charge in [0.25, 0.3) is 0 Å². The fourth-order valence-electron chi connectivity index (χ4n) is 0.340. The maximum Gasteiger partial charge on any atom is 0 e. The molecule has 0 nitrogen and oxygen atoms in total. The van der Waals surface area contributed by atoms with E-state index in [1.165, 1.54) is 0 Å². The zero-order valence-corrected chi connectivity index (χ0v) is 14.8.